The highest BCUT2D eigenvalue weighted by Gasteiger charge is 2.11. The number of rotatable bonds is 7. The Balaban J connectivity index is 1.96. The van der Waals surface area contributed by atoms with Crippen LogP contribution in [0.25, 0.3) is 0 Å². The van der Waals surface area contributed by atoms with E-state index in [1.165, 1.54) is 19.2 Å². The van der Waals surface area contributed by atoms with E-state index in [0.717, 1.165) is 5.56 Å². The lowest BCUT2D eigenvalue weighted by molar-refractivity contribution is -0.0512. The molecule has 0 spiro atoms. The molecule has 0 radical (unpaired) electrons. The number of hydrogen-bond acceptors (Lipinski definition) is 3. The van der Waals surface area contributed by atoms with Gasteiger partial charge in [-0.25, -0.2) is 4.39 Å². The van der Waals surface area contributed by atoms with Gasteiger partial charge in [-0.1, -0.05) is 18.2 Å². The number of nitrogens with one attached hydrogen (secondary N) is 2. The quantitative estimate of drug-likeness (QED) is 0.568. The molecule has 2 aromatic carbocycles. The summed E-state index contributed by atoms with van der Waals surface area (Å²) in [6.07, 6.45) is 0. The van der Waals surface area contributed by atoms with Gasteiger partial charge in [0, 0.05) is 20.1 Å². The van der Waals surface area contributed by atoms with E-state index in [4.69, 9.17) is 4.74 Å². The van der Waals surface area contributed by atoms with Crippen LogP contribution in [0.1, 0.15) is 16.7 Å². The number of halogens is 3. The number of aliphatic imine (C=N–C) groups is 1. The third-order valence-corrected chi connectivity index (χ3v) is 3.81. The molecule has 0 aliphatic carbocycles. The van der Waals surface area contributed by atoms with Gasteiger partial charge in [0.05, 0.1) is 7.11 Å². The minimum atomic E-state index is -2.93. The predicted molar refractivity (Wildman–Crippen MR) is 97.8 cm³/mol. The summed E-state index contributed by atoms with van der Waals surface area (Å²) < 4.78 is 47.8. The topological polar surface area (TPSA) is 54.9 Å². The van der Waals surface area contributed by atoms with Crippen LogP contribution in [0.2, 0.25) is 0 Å². The number of methoxy groups -OCH3 is 1. The fourth-order valence-electron chi connectivity index (χ4n) is 2.43. The van der Waals surface area contributed by atoms with Crippen LogP contribution in [0.3, 0.4) is 0 Å². The van der Waals surface area contributed by atoms with E-state index in [0.29, 0.717) is 30.2 Å². The van der Waals surface area contributed by atoms with Crippen molar-refractivity contribution in [2.45, 2.75) is 26.6 Å². The van der Waals surface area contributed by atoms with E-state index in [9.17, 15) is 13.2 Å². The van der Waals surface area contributed by atoms with E-state index >= 15 is 0 Å². The number of nitrogens with zero attached hydrogens (tertiary/aromatic N) is 1. The van der Waals surface area contributed by atoms with Crippen molar-refractivity contribution in [3.63, 3.8) is 0 Å². The van der Waals surface area contributed by atoms with Crippen molar-refractivity contribution in [3.05, 3.63) is 58.9 Å². The van der Waals surface area contributed by atoms with Crippen molar-refractivity contribution in [2.24, 2.45) is 4.99 Å². The Hall–Kier alpha value is -2.90. The number of guanidine groups is 1. The van der Waals surface area contributed by atoms with Crippen LogP contribution in [0.5, 0.6) is 11.5 Å². The summed E-state index contributed by atoms with van der Waals surface area (Å²) in [7, 11) is 3.00. The Morgan fingerprint density at radius 3 is 2.22 bits per heavy atom. The summed E-state index contributed by atoms with van der Waals surface area (Å²) in [6, 6.07) is 9.65. The maximum absolute atomic E-state index is 13.3. The molecule has 0 unspecified atom stereocenters. The van der Waals surface area contributed by atoms with Crippen molar-refractivity contribution in [3.8, 4) is 11.5 Å². The fraction of sp³-hybridized carbons (Fsp3) is 0.316. The van der Waals surface area contributed by atoms with Gasteiger partial charge in [-0.3, -0.25) is 4.99 Å². The summed E-state index contributed by atoms with van der Waals surface area (Å²) in [5, 5.41) is 6.19. The smallest absolute Gasteiger partial charge is 0.387 e. The second-order valence-electron chi connectivity index (χ2n) is 5.73. The molecule has 2 aromatic rings. The molecular weight excluding hydrogens is 359 g/mol. The third-order valence-electron chi connectivity index (χ3n) is 3.81. The monoisotopic (exact) mass is 381 g/mol. The van der Waals surface area contributed by atoms with Gasteiger partial charge >= 0.3 is 6.61 Å². The maximum Gasteiger partial charge on any atom is 0.387 e. The van der Waals surface area contributed by atoms with Crippen LogP contribution in [0.4, 0.5) is 13.2 Å². The number of ether oxygens (including phenoxy) is 2. The molecule has 27 heavy (non-hydrogen) atoms. The molecule has 0 aromatic heterocycles. The van der Waals surface area contributed by atoms with Crippen molar-refractivity contribution < 1.29 is 22.6 Å². The third kappa shape index (κ3) is 6.09. The molecule has 2 rings (SSSR count). The van der Waals surface area contributed by atoms with Crippen LogP contribution in [0, 0.1) is 12.7 Å². The first-order chi connectivity index (χ1) is 12.9. The highest BCUT2D eigenvalue weighted by molar-refractivity contribution is 5.79. The normalized spacial score (nSPS) is 11.4. The molecule has 0 fully saturated rings. The van der Waals surface area contributed by atoms with E-state index in [2.05, 4.69) is 20.4 Å². The van der Waals surface area contributed by atoms with E-state index < -0.39 is 6.61 Å². The zero-order valence-corrected chi connectivity index (χ0v) is 15.4. The van der Waals surface area contributed by atoms with E-state index in [1.807, 2.05) is 0 Å². The summed E-state index contributed by atoms with van der Waals surface area (Å²) in [6.45, 7) is -0.431. The Morgan fingerprint density at radius 1 is 1.04 bits per heavy atom. The summed E-state index contributed by atoms with van der Waals surface area (Å²) in [5.74, 6) is 0.469. The zero-order chi connectivity index (χ0) is 19.8. The minimum absolute atomic E-state index is 0.0310. The highest BCUT2D eigenvalue weighted by atomic mass is 19.3. The van der Waals surface area contributed by atoms with Gasteiger partial charge in [-0.05, 0) is 41.8 Å². The summed E-state index contributed by atoms with van der Waals surface area (Å²) >= 11 is 0. The first-order valence-electron chi connectivity index (χ1n) is 8.24. The van der Waals surface area contributed by atoms with Gasteiger partial charge in [0.25, 0.3) is 0 Å². The van der Waals surface area contributed by atoms with Gasteiger partial charge in [-0.2, -0.15) is 8.78 Å². The van der Waals surface area contributed by atoms with Crippen LogP contribution < -0.4 is 20.1 Å². The van der Waals surface area contributed by atoms with Crippen LogP contribution >= 0.6 is 0 Å². The standard InChI is InChI=1S/C19H22F3N3O2/c1-12-8-13(4-6-15(12)20)10-24-19(23-2)25-11-14-5-7-16(26-3)17(9-14)27-18(21)22/h4-9,18H,10-11H2,1-3H3,(H2,23,24,25). The lowest BCUT2D eigenvalue weighted by Crippen LogP contribution is -2.36. The SMILES string of the molecule is CN=C(NCc1ccc(F)c(C)c1)NCc1ccc(OC)c(OC(F)F)c1. The molecule has 5 nitrogen and oxygen atoms in total. The van der Waals surface area contributed by atoms with Gasteiger partial charge in [0.2, 0.25) is 0 Å². The predicted octanol–water partition coefficient (Wildman–Crippen LogP) is 3.61. The summed E-state index contributed by atoms with van der Waals surface area (Å²) in [5.41, 5.74) is 2.20. The maximum atomic E-state index is 13.3. The van der Waals surface area contributed by atoms with Gasteiger partial charge < -0.3 is 20.1 Å². The Morgan fingerprint density at radius 2 is 1.67 bits per heavy atom. The van der Waals surface area contributed by atoms with E-state index in [1.54, 1.807) is 38.2 Å². The molecule has 0 heterocycles. The van der Waals surface area contributed by atoms with Crippen molar-refractivity contribution in [2.75, 3.05) is 14.2 Å². The van der Waals surface area contributed by atoms with Gasteiger partial charge in [0.1, 0.15) is 5.82 Å². The van der Waals surface area contributed by atoms with Crippen LogP contribution in [0.15, 0.2) is 41.4 Å². The number of aryl methyl sites for hydroxylation is 1. The molecule has 0 aliphatic rings. The average molecular weight is 381 g/mol. The molecular formula is C19H22F3N3O2. The molecule has 2 N–H and O–H groups in total. The van der Waals surface area contributed by atoms with Crippen molar-refractivity contribution in [1.29, 1.82) is 0 Å². The second-order valence-corrected chi connectivity index (χ2v) is 5.73. The molecule has 0 bridgehead atoms. The highest BCUT2D eigenvalue weighted by Crippen LogP contribution is 2.29. The zero-order valence-electron chi connectivity index (χ0n) is 15.4. The van der Waals surface area contributed by atoms with Crippen molar-refractivity contribution >= 4 is 5.96 Å². The molecule has 0 saturated carbocycles. The largest absolute Gasteiger partial charge is 0.493 e. The van der Waals surface area contributed by atoms with Crippen molar-refractivity contribution in [1.82, 2.24) is 10.6 Å². The van der Waals surface area contributed by atoms with Gasteiger partial charge in [-0.15, -0.1) is 0 Å². The molecule has 0 amide bonds. The van der Waals surface area contributed by atoms with E-state index in [-0.39, 0.29) is 17.3 Å². The Kier molecular flexibility index (Phi) is 7.34. The molecule has 0 aliphatic heterocycles. The first-order valence-corrected chi connectivity index (χ1v) is 8.24. The lowest BCUT2D eigenvalue weighted by Gasteiger charge is -2.14. The molecule has 0 atom stereocenters. The molecule has 0 saturated heterocycles. The average Bonchev–Trinajstić information content (AvgIpc) is 2.64. The second kappa shape index (κ2) is 9.70. The fourth-order valence-corrected chi connectivity index (χ4v) is 2.43. The Bertz CT molecular complexity index is 798. The molecule has 146 valence electrons. The van der Waals surface area contributed by atoms with Gasteiger partial charge in [0.15, 0.2) is 17.5 Å². The molecule has 8 heteroatoms. The number of benzene rings is 2. The Labute approximate surface area is 156 Å². The lowest BCUT2D eigenvalue weighted by atomic mass is 10.1. The summed E-state index contributed by atoms with van der Waals surface area (Å²) in [4.78, 5) is 4.11. The number of hydrogen-bond donors (Lipinski definition) is 2. The minimum Gasteiger partial charge on any atom is -0.493 e. The van der Waals surface area contributed by atoms with Crippen LogP contribution in [-0.4, -0.2) is 26.7 Å². The first kappa shape index (κ1) is 20.4. The number of alkyl halides is 2. The van der Waals surface area contributed by atoms with Crippen LogP contribution in [-0.2, 0) is 13.1 Å².